The van der Waals surface area contributed by atoms with Gasteiger partial charge in [-0.15, -0.1) is 6.42 Å². The van der Waals surface area contributed by atoms with Gasteiger partial charge < -0.3 is 29.2 Å². The van der Waals surface area contributed by atoms with E-state index in [9.17, 15) is 4.39 Å². The topological polar surface area (TPSA) is 67.5 Å². The number of benzene rings is 3. The first-order chi connectivity index (χ1) is 23.4. The molecule has 5 aliphatic rings. The average molecular weight is 659 g/mol. The summed E-state index contributed by atoms with van der Waals surface area (Å²) in [5, 5.41) is 7.81. The van der Waals surface area contributed by atoms with Crippen molar-refractivity contribution in [2.45, 2.75) is 50.0 Å². The lowest BCUT2D eigenvalue weighted by atomic mass is 9.91. The molecule has 250 valence electrons. The molecule has 8 nitrogen and oxygen atoms in total. The quantitative estimate of drug-likeness (QED) is 0.220. The Balaban J connectivity index is 1.29. The van der Waals surface area contributed by atoms with Crippen molar-refractivity contribution in [3.05, 3.63) is 76.9 Å². The maximum atomic E-state index is 17.4. The number of nitrogens with one attached hydrogen (secondary N) is 2. The number of allylic oxidation sites excluding steroid dienone is 2. The van der Waals surface area contributed by atoms with Crippen LogP contribution in [0.1, 0.15) is 49.4 Å². The Morgan fingerprint density at radius 3 is 2.88 bits per heavy atom. The van der Waals surface area contributed by atoms with Gasteiger partial charge in [0, 0.05) is 55.0 Å². The Bertz CT molecular complexity index is 1890. The van der Waals surface area contributed by atoms with Crippen LogP contribution >= 0.6 is 0 Å². The zero-order valence-electron chi connectivity index (χ0n) is 26.7. The van der Waals surface area contributed by atoms with Gasteiger partial charge in [0.05, 0.1) is 23.3 Å². The van der Waals surface area contributed by atoms with Crippen LogP contribution in [0.2, 0.25) is 0 Å². The third-order valence-corrected chi connectivity index (χ3v) is 10.2. The zero-order chi connectivity index (χ0) is 33.0. The summed E-state index contributed by atoms with van der Waals surface area (Å²) in [6.45, 7) is 2.57. The van der Waals surface area contributed by atoms with E-state index in [1.165, 1.54) is 13.2 Å². The third kappa shape index (κ3) is 5.14. The molecule has 2 N–H and O–H groups in total. The molecule has 0 bridgehead atoms. The van der Waals surface area contributed by atoms with Crippen molar-refractivity contribution in [1.82, 2.24) is 15.1 Å². The van der Waals surface area contributed by atoms with E-state index < -0.39 is 23.3 Å². The Morgan fingerprint density at radius 2 is 2.02 bits per heavy atom. The number of fused-ring (bicyclic) bond motifs is 4. The van der Waals surface area contributed by atoms with Gasteiger partial charge in [0.15, 0.2) is 18.4 Å². The molecule has 8 rings (SSSR count). The van der Waals surface area contributed by atoms with E-state index in [0.717, 1.165) is 44.5 Å². The second-order valence-electron chi connectivity index (χ2n) is 13.1. The second-order valence-corrected chi connectivity index (χ2v) is 13.1. The maximum absolute atomic E-state index is 17.4. The number of terminal acetylenes is 1. The summed E-state index contributed by atoms with van der Waals surface area (Å²) in [6, 6.07) is 7.97. The first-order valence-corrected chi connectivity index (χ1v) is 16.5. The summed E-state index contributed by atoms with van der Waals surface area (Å²) in [5.74, 6) is 1.73. The first-order valence-electron chi connectivity index (χ1n) is 16.5. The van der Waals surface area contributed by atoms with Gasteiger partial charge in [-0.05, 0) is 67.4 Å². The summed E-state index contributed by atoms with van der Waals surface area (Å²) in [7, 11) is 1.50. The van der Waals surface area contributed by atoms with Crippen molar-refractivity contribution < 1.29 is 32.1 Å². The predicted molar refractivity (Wildman–Crippen MR) is 176 cm³/mol. The van der Waals surface area contributed by atoms with Crippen molar-refractivity contribution in [3.8, 4) is 35.0 Å². The third-order valence-electron chi connectivity index (χ3n) is 10.2. The van der Waals surface area contributed by atoms with E-state index in [0.29, 0.717) is 53.0 Å². The molecule has 3 aromatic rings. The lowest BCUT2D eigenvalue weighted by Gasteiger charge is -2.42. The van der Waals surface area contributed by atoms with Crippen LogP contribution in [0.15, 0.2) is 54.1 Å². The summed E-state index contributed by atoms with van der Waals surface area (Å²) in [5.41, 5.74) is 2.25. The average Bonchev–Trinajstić information content (AvgIpc) is 3.61. The number of halogens is 3. The number of alkyl halides is 1. The number of methoxy groups -OCH3 is 1. The van der Waals surface area contributed by atoms with Gasteiger partial charge in [-0.25, -0.2) is 13.2 Å². The minimum Gasteiger partial charge on any atom is -0.468 e. The minimum absolute atomic E-state index is 0.0177. The van der Waals surface area contributed by atoms with Crippen LogP contribution in [0.4, 0.5) is 18.9 Å². The van der Waals surface area contributed by atoms with Crippen molar-refractivity contribution in [1.29, 1.82) is 0 Å². The Labute approximate surface area is 277 Å². The number of ether oxygens (including phenoxy) is 4. The van der Waals surface area contributed by atoms with Crippen LogP contribution in [0.25, 0.3) is 21.9 Å². The number of rotatable bonds is 7. The van der Waals surface area contributed by atoms with Crippen LogP contribution in [0.5, 0.6) is 11.5 Å². The number of hydrogen-bond donors (Lipinski definition) is 2. The van der Waals surface area contributed by atoms with Crippen LogP contribution in [-0.2, 0) is 9.47 Å². The Kier molecular flexibility index (Phi) is 7.90. The highest BCUT2D eigenvalue weighted by Crippen LogP contribution is 2.49. The van der Waals surface area contributed by atoms with Crippen molar-refractivity contribution in [3.63, 3.8) is 0 Å². The Hall–Kier alpha value is -4.37. The molecule has 3 atom stereocenters. The van der Waals surface area contributed by atoms with Gasteiger partial charge in [-0.1, -0.05) is 18.1 Å². The largest absolute Gasteiger partial charge is 0.468 e. The fourth-order valence-electron chi connectivity index (χ4n) is 8.10. The van der Waals surface area contributed by atoms with Gasteiger partial charge in [0.2, 0.25) is 0 Å². The SMILES string of the molecule is C#Cc1c(F)ccc2cc(OCOC)cc(-c3cc4c5c(c3F)O/C(OC[C@@]36CCCN3C[C@H](F)C6)=C\C3=CCCCN3C5NCN4)c12. The molecule has 0 aliphatic carbocycles. The summed E-state index contributed by atoms with van der Waals surface area (Å²) >= 11 is 0. The number of anilines is 1. The maximum Gasteiger partial charge on any atom is 0.286 e. The molecule has 0 radical (unpaired) electrons. The van der Waals surface area contributed by atoms with Gasteiger partial charge in [-0.2, -0.15) is 0 Å². The lowest BCUT2D eigenvalue weighted by Crippen LogP contribution is -2.45. The van der Waals surface area contributed by atoms with Gasteiger partial charge >= 0.3 is 0 Å². The molecule has 5 heterocycles. The molecule has 0 amide bonds. The molecule has 11 heteroatoms. The highest BCUT2D eigenvalue weighted by atomic mass is 19.1. The molecular formula is C37H37F3N4O4. The first kappa shape index (κ1) is 30.9. The van der Waals surface area contributed by atoms with Crippen LogP contribution in [0.3, 0.4) is 0 Å². The van der Waals surface area contributed by atoms with E-state index in [1.54, 1.807) is 24.3 Å². The molecule has 5 aliphatic heterocycles. The molecule has 2 fully saturated rings. The van der Waals surface area contributed by atoms with Crippen molar-refractivity contribution in [2.75, 3.05) is 52.1 Å². The van der Waals surface area contributed by atoms with Gasteiger partial charge in [0.1, 0.15) is 30.5 Å². The molecule has 0 spiro atoms. The summed E-state index contributed by atoms with van der Waals surface area (Å²) < 4.78 is 70.9. The molecule has 2 saturated heterocycles. The normalized spacial score (nSPS) is 25.7. The fourth-order valence-corrected chi connectivity index (χ4v) is 8.10. The van der Waals surface area contributed by atoms with E-state index in [-0.39, 0.29) is 42.4 Å². The summed E-state index contributed by atoms with van der Waals surface area (Å²) in [4.78, 5) is 4.37. The smallest absolute Gasteiger partial charge is 0.286 e. The van der Waals surface area contributed by atoms with E-state index >= 15 is 8.78 Å². The van der Waals surface area contributed by atoms with Crippen LogP contribution in [0, 0.1) is 24.0 Å². The molecule has 1 unspecified atom stereocenters. The van der Waals surface area contributed by atoms with Gasteiger partial charge in [0.25, 0.3) is 5.95 Å². The van der Waals surface area contributed by atoms with Crippen molar-refractivity contribution in [2.24, 2.45) is 0 Å². The second kappa shape index (κ2) is 12.3. The number of hydrogen-bond acceptors (Lipinski definition) is 8. The number of nitrogens with zero attached hydrogens (tertiary/aromatic N) is 2. The van der Waals surface area contributed by atoms with Crippen LogP contribution < -0.4 is 20.1 Å². The fraction of sp³-hybridized carbons (Fsp3) is 0.405. The highest BCUT2D eigenvalue weighted by Gasteiger charge is 2.49. The molecule has 3 aromatic carbocycles. The molecule has 48 heavy (non-hydrogen) atoms. The van der Waals surface area contributed by atoms with E-state index in [2.05, 4.69) is 32.4 Å². The molecular weight excluding hydrogens is 621 g/mol. The zero-order valence-corrected chi connectivity index (χ0v) is 26.7. The monoisotopic (exact) mass is 658 g/mol. The standard InChI is InChI=1S/C37H37F3N4O4/c1-3-26-29(39)9-8-22-13-25(47-21-45-2)15-27(32(22)26)28-16-30-33-35(34(28)40)48-31(46-19-37-10-6-11-43(37)18-23(38)17-37)14-24-7-4-5-12-44(24)36(33)42-20-41-30/h1,7-9,13-16,23,36,41-42H,4-6,10-12,17-21H2,2H3/b31-14-/t23-,36?,37+/m1/s1. The molecule has 0 saturated carbocycles. The van der Waals surface area contributed by atoms with E-state index in [4.69, 9.17) is 25.4 Å². The van der Waals surface area contributed by atoms with E-state index in [1.807, 2.05) is 6.08 Å². The highest BCUT2D eigenvalue weighted by molar-refractivity contribution is 6.02. The van der Waals surface area contributed by atoms with Crippen LogP contribution in [-0.4, -0.2) is 68.3 Å². The van der Waals surface area contributed by atoms with Gasteiger partial charge in [-0.3, -0.25) is 10.2 Å². The summed E-state index contributed by atoms with van der Waals surface area (Å²) in [6.07, 6.45) is 12.5. The minimum atomic E-state index is -0.909. The Morgan fingerprint density at radius 1 is 1.12 bits per heavy atom. The molecule has 0 aromatic heterocycles. The predicted octanol–water partition coefficient (Wildman–Crippen LogP) is 6.53. The lowest BCUT2D eigenvalue weighted by molar-refractivity contribution is 0.0250. The van der Waals surface area contributed by atoms with Crippen molar-refractivity contribution >= 4 is 16.5 Å².